The van der Waals surface area contributed by atoms with E-state index < -0.39 is 0 Å². The summed E-state index contributed by atoms with van der Waals surface area (Å²) in [6, 6.07) is 9.76. The maximum atomic E-state index is 11.1. The first kappa shape index (κ1) is 14.4. The van der Waals surface area contributed by atoms with E-state index in [0.29, 0.717) is 6.54 Å². The van der Waals surface area contributed by atoms with Gasteiger partial charge in [-0.2, -0.15) is 0 Å². The number of nitrogens with zero attached hydrogens (tertiary/aromatic N) is 1. The number of hydrogen-bond donors (Lipinski definition) is 0. The molecule has 1 rings (SSSR count). The molecule has 0 N–H and O–H groups in total. The lowest BCUT2D eigenvalue weighted by Crippen LogP contribution is -2.31. The second-order valence-corrected chi connectivity index (χ2v) is 4.17. The molecule has 3 radical (unpaired) electrons. The van der Waals surface area contributed by atoms with Crippen molar-refractivity contribution in [3.63, 3.8) is 0 Å². The minimum absolute atomic E-state index is 0.000776. The summed E-state index contributed by atoms with van der Waals surface area (Å²) in [5, 5.41) is 0. The van der Waals surface area contributed by atoms with E-state index in [1.807, 2.05) is 43.7 Å². The molecular formula is C15H18NO2. The maximum absolute atomic E-state index is 11.1. The fourth-order valence-electron chi connectivity index (χ4n) is 1.53. The zero-order valence-corrected chi connectivity index (χ0v) is 10.7. The van der Waals surface area contributed by atoms with Crippen LogP contribution in [0, 0.1) is 19.3 Å². The predicted octanol–water partition coefficient (Wildman–Crippen LogP) is 2.24. The number of amides is 1. The Labute approximate surface area is 109 Å². The molecule has 0 aliphatic carbocycles. The number of Topliss-reactive ketones (excluding diaryl/α,β-unsaturated/α-hetero) is 1. The van der Waals surface area contributed by atoms with Crippen LogP contribution in [-0.2, 0) is 16.1 Å². The second-order valence-electron chi connectivity index (χ2n) is 4.17. The molecule has 0 bridgehead atoms. The topological polar surface area (TPSA) is 37.4 Å². The van der Waals surface area contributed by atoms with Gasteiger partial charge in [0.2, 0.25) is 6.41 Å². The summed E-state index contributed by atoms with van der Waals surface area (Å²) in [4.78, 5) is 23.5. The maximum Gasteiger partial charge on any atom is 0.210 e. The quantitative estimate of drug-likeness (QED) is 0.658. The van der Waals surface area contributed by atoms with Gasteiger partial charge in [-0.3, -0.25) is 9.59 Å². The van der Waals surface area contributed by atoms with Crippen LogP contribution in [0.1, 0.15) is 19.4 Å². The largest absolute Gasteiger partial charge is 0.338 e. The molecule has 1 amide bonds. The molecule has 0 saturated carbocycles. The smallest absolute Gasteiger partial charge is 0.210 e. The zero-order chi connectivity index (χ0) is 13.4. The standard InChI is InChI=1S/C15H18NO2/c1-13(7-6-8-14(2)18)16(12-17)11-15-9-4-3-5-10-15/h3-10,12-13H,11H2,1-2H3/t13-/m0/s1. The van der Waals surface area contributed by atoms with Crippen LogP contribution in [0.5, 0.6) is 0 Å². The van der Waals surface area contributed by atoms with Crippen LogP contribution in [0.2, 0.25) is 0 Å². The van der Waals surface area contributed by atoms with Crippen LogP contribution >= 0.6 is 0 Å². The predicted molar refractivity (Wildman–Crippen MR) is 71.1 cm³/mol. The number of rotatable bonds is 8. The molecule has 0 aromatic heterocycles. The van der Waals surface area contributed by atoms with Gasteiger partial charge in [0, 0.05) is 19.0 Å². The van der Waals surface area contributed by atoms with Gasteiger partial charge in [-0.15, -0.1) is 0 Å². The van der Waals surface area contributed by atoms with Gasteiger partial charge < -0.3 is 4.90 Å². The summed E-state index contributed by atoms with van der Waals surface area (Å²) in [5.41, 5.74) is 1.08. The molecule has 0 fully saturated rings. The van der Waals surface area contributed by atoms with Crippen molar-refractivity contribution in [3.8, 4) is 0 Å². The Morgan fingerprint density at radius 2 is 2.00 bits per heavy atom. The van der Waals surface area contributed by atoms with Crippen molar-refractivity contribution in [2.24, 2.45) is 0 Å². The highest BCUT2D eigenvalue weighted by Gasteiger charge is 2.12. The third kappa shape index (κ3) is 5.13. The molecule has 0 saturated heterocycles. The third-order valence-electron chi connectivity index (χ3n) is 2.59. The first-order valence-electron chi connectivity index (χ1n) is 5.90. The molecular weight excluding hydrogens is 226 g/mol. The molecule has 1 aromatic rings. The lowest BCUT2D eigenvalue weighted by atomic mass is 10.1. The number of carbonyl (C=O) groups excluding carboxylic acids is 2. The van der Waals surface area contributed by atoms with Crippen LogP contribution < -0.4 is 0 Å². The number of hydrogen-bond acceptors (Lipinski definition) is 2. The van der Waals surface area contributed by atoms with Crippen LogP contribution in [0.3, 0.4) is 0 Å². The van der Waals surface area contributed by atoms with Crippen molar-refractivity contribution in [3.05, 3.63) is 55.2 Å². The summed E-state index contributed by atoms with van der Waals surface area (Å²) in [7, 11) is 0. The van der Waals surface area contributed by atoms with Crippen molar-refractivity contribution >= 4 is 12.2 Å². The van der Waals surface area contributed by atoms with Gasteiger partial charge in [0.25, 0.3) is 0 Å². The molecule has 3 nitrogen and oxygen atoms in total. The molecule has 0 aliphatic heterocycles. The van der Waals surface area contributed by atoms with E-state index in [9.17, 15) is 9.59 Å². The summed E-state index contributed by atoms with van der Waals surface area (Å²) in [6.45, 7) is 3.98. The Morgan fingerprint density at radius 3 is 2.56 bits per heavy atom. The van der Waals surface area contributed by atoms with Crippen LogP contribution in [0.15, 0.2) is 30.3 Å². The van der Waals surface area contributed by atoms with Crippen LogP contribution in [0.4, 0.5) is 0 Å². The van der Waals surface area contributed by atoms with E-state index in [1.54, 1.807) is 11.3 Å². The molecule has 0 heterocycles. The lowest BCUT2D eigenvalue weighted by molar-refractivity contribution is -0.119. The molecule has 1 atom stereocenters. The molecule has 95 valence electrons. The van der Waals surface area contributed by atoms with E-state index >= 15 is 0 Å². The van der Waals surface area contributed by atoms with E-state index in [0.717, 1.165) is 12.0 Å². The average Bonchev–Trinajstić information content (AvgIpc) is 2.36. The Hall–Kier alpha value is -1.64. The van der Waals surface area contributed by atoms with Gasteiger partial charge in [-0.1, -0.05) is 30.3 Å². The van der Waals surface area contributed by atoms with Crippen molar-refractivity contribution < 1.29 is 9.59 Å². The molecule has 0 spiro atoms. The van der Waals surface area contributed by atoms with Crippen molar-refractivity contribution in [2.45, 2.75) is 26.4 Å². The van der Waals surface area contributed by atoms with Gasteiger partial charge in [0.05, 0.1) is 0 Å². The summed E-state index contributed by atoms with van der Waals surface area (Å²) >= 11 is 0. The highest BCUT2D eigenvalue weighted by molar-refractivity contribution is 5.86. The Morgan fingerprint density at radius 1 is 1.33 bits per heavy atom. The molecule has 1 aromatic carbocycles. The van der Waals surface area contributed by atoms with Gasteiger partial charge in [-0.05, 0) is 32.3 Å². The van der Waals surface area contributed by atoms with Gasteiger partial charge in [-0.25, -0.2) is 0 Å². The third-order valence-corrected chi connectivity index (χ3v) is 2.59. The van der Waals surface area contributed by atoms with E-state index in [2.05, 4.69) is 0 Å². The van der Waals surface area contributed by atoms with E-state index in [1.165, 1.54) is 13.3 Å². The van der Waals surface area contributed by atoms with Crippen molar-refractivity contribution in [2.75, 3.05) is 0 Å². The fourth-order valence-corrected chi connectivity index (χ4v) is 1.53. The van der Waals surface area contributed by atoms with Gasteiger partial charge in [0.15, 0.2) is 0 Å². The molecule has 0 unspecified atom stereocenters. The summed E-state index contributed by atoms with van der Waals surface area (Å²) < 4.78 is 0. The summed E-state index contributed by atoms with van der Waals surface area (Å²) in [6.07, 6.45) is 5.84. The fraction of sp³-hybridized carbons (Fsp3) is 0.267. The zero-order valence-electron chi connectivity index (χ0n) is 10.7. The highest BCUT2D eigenvalue weighted by atomic mass is 16.1. The Balaban J connectivity index is 2.45. The molecule has 18 heavy (non-hydrogen) atoms. The normalized spacial score (nSPS) is 11.9. The molecule has 0 aliphatic rings. The van der Waals surface area contributed by atoms with Gasteiger partial charge in [0.1, 0.15) is 5.78 Å². The molecule has 3 heteroatoms. The minimum atomic E-state index is -0.0432. The van der Waals surface area contributed by atoms with Crippen molar-refractivity contribution in [1.82, 2.24) is 4.90 Å². The Bertz CT molecular complexity index is 375. The monoisotopic (exact) mass is 244 g/mol. The second kappa shape index (κ2) is 7.64. The van der Waals surface area contributed by atoms with Crippen molar-refractivity contribution in [1.29, 1.82) is 0 Å². The highest BCUT2D eigenvalue weighted by Crippen LogP contribution is 2.10. The van der Waals surface area contributed by atoms with E-state index in [-0.39, 0.29) is 11.8 Å². The van der Waals surface area contributed by atoms with Crippen LogP contribution in [-0.4, -0.2) is 23.1 Å². The average molecular weight is 244 g/mol. The van der Waals surface area contributed by atoms with Crippen LogP contribution in [0.25, 0.3) is 0 Å². The first-order valence-corrected chi connectivity index (χ1v) is 5.90. The lowest BCUT2D eigenvalue weighted by Gasteiger charge is -2.24. The van der Waals surface area contributed by atoms with Gasteiger partial charge >= 0.3 is 0 Å². The number of carbonyl (C=O) groups is 2. The first-order chi connectivity index (χ1) is 8.63. The SMILES string of the molecule is CC(=O)[CH][CH][CH][C@H](C)N(C=O)Cc1ccccc1. The number of benzene rings is 1. The number of ketones is 1. The van der Waals surface area contributed by atoms with E-state index in [4.69, 9.17) is 0 Å². The minimum Gasteiger partial charge on any atom is -0.338 e. The summed E-state index contributed by atoms with van der Waals surface area (Å²) in [5.74, 6) is -0.000776. The Kier molecular flexibility index (Phi) is 6.12.